The van der Waals surface area contributed by atoms with Gasteiger partial charge in [0, 0.05) is 32.6 Å². The molecule has 0 aliphatic carbocycles. The Morgan fingerprint density at radius 1 is 1.39 bits per heavy atom. The van der Waals surface area contributed by atoms with Crippen molar-refractivity contribution in [3.63, 3.8) is 0 Å². The molecule has 2 N–H and O–H groups in total. The number of morpholine rings is 1. The molecule has 1 amide bonds. The number of rotatable bonds is 6. The number of nitrogens with zero attached hydrogens (tertiary/aromatic N) is 1. The zero-order valence-corrected chi connectivity index (χ0v) is 11.1. The van der Waals surface area contributed by atoms with Gasteiger partial charge in [0.2, 0.25) is 5.91 Å². The summed E-state index contributed by atoms with van der Waals surface area (Å²) in [5, 5.41) is 6.34. The van der Waals surface area contributed by atoms with Gasteiger partial charge < -0.3 is 15.4 Å². The molecule has 0 saturated carbocycles. The Bertz CT molecular complexity index is 249. The predicted molar refractivity (Wildman–Crippen MR) is 70.5 cm³/mol. The summed E-state index contributed by atoms with van der Waals surface area (Å²) in [4.78, 5) is 14.0. The number of nitrogens with one attached hydrogen (secondary N) is 2. The second-order valence-electron chi connectivity index (χ2n) is 5.20. The molecule has 1 unspecified atom stereocenters. The van der Waals surface area contributed by atoms with Gasteiger partial charge in [-0.25, -0.2) is 0 Å². The first-order valence-corrected chi connectivity index (χ1v) is 7.12. The van der Waals surface area contributed by atoms with E-state index in [1.807, 2.05) is 0 Å². The lowest BCUT2D eigenvalue weighted by Gasteiger charge is -2.26. The Hall–Kier alpha value is -0.650. The first-order chi connectivity index (χ1) is 8.84. The highest BCUT2D eigenvalue weighted by Crippen LogP contribution is 2.13. The lowest BCUT2D eigenvalue weighted by molar-refractivity contribution is -0.121. The van der Waals surface area contributed by atoms with Crippen LogP contribution < -0.4 is 10.6 Å². The summed E-state index contributed by atoms with van der Waals surface area (Å²) in [5.74, 6) is 0.908. The first kappa shape index (κ1) is 13.8. The molecule has 2 fully saturated rings. The van der Waals surface area contributed by atoms with Gasteiger partial charge in [0.1, 0.15) is 0 Å². The lowest BCUT2D eigenvalue weighted by atomic mass is 10.0. The van der Waals surface area contributed by atoms with Crippen LogP contribution in [-0.2, 0) is 9.53 Å². The maximum atomic E-state index is 11.7. The second-order valence-corrected chi connectivity index (χ2v) is 5.20. The average molecular weight is 255 g/mol. The van der Waals surface area contributed by atoms with E-state index < -0.39 is 0 Å². The van der Waals surface area contributed by atoms with Gasteiger partial charge in [-0.05, 0) is 31.8 Å². The third-order valence-corrected chi connectivity index (χ3v) is 3.80. The Labute approximate surface area is 109 Å². The van der Waals surface area contributed by atoms with Crippen LogP contribution in [0.3, 0.4) is 0 Å². The quantitative estimate of drug-likeness (QED) is 0.691. The largest absolute Gasteiger partial charge is 0.379 e. The number of hydrogen-bond acceptors (Lipinski definition) is 4. The molecule has 2 saturated heterocycles. The summed E-state index contributed by atoms with van der Waals surface area (Å²) >= 11 is 0. The SMILES string of the molecule is O=C(CCC1CCNC1)NCCN1CCOCC1. The molecular formula is C13H25N3O2. The zero-order valence-electron chi connectivity index (χ0n) is 11.1. The van der Waals surface area contributed by atoms with Gasteiger partial charge in [-0.3, -0.25) is 9.69 Å². The fraction of sp³-hybridized carbons (Fsp3) is 0.923. The van der Waals surface area contributed by atoms with Crippen LogP contribution >= 0.6 is 0 Å². The van der Waals surface area contributed by atoms with Crippen LogP contribution in [-0.4, -0.2) is 63.3 Å². The summed E-state index contributed by atoms with van der Waals surface area (Å²) in [7, 11) is 0. The summed E-state index contributed by atoms with van der Waals surface area (Å²) < 4.78 is 5.29. The summed E-state index contributed by atoms with van der Waals surface area (Å²) in [5.41, 5.74) is 0. The van der Waals surface area contributed by atoms with E-state index in [0.29, 0.717) is 12.3 Å². The van der Waals surface area contributed by atoms with Crippen LogP contribution in [0.5, 0.6) is 0 Å². The predicted octanol–water partition coefficient (Wildman–Crippen LogP) is -0.175. The molecule has 0 spiro atoms. The van der Waals surface area contributed by atoms with Gasteiger partial charge in [-0.2, -0.15) is 0 Å². The summed E-state index contributed by atoms with van der Waals surface area (Å²) in [6.07, 6.45) is 2.92. The number of ether oxygens (including phenoxy) is 1. The van der Waals surface area contributed by atoms with Crippen molar-refractivity contribution in [2.45, 2.75) is 19.3 Å². The molecule has 5 heteroatoms. The highest BCUT2D eigenvalue weighted by atomic mass is 16.5. The fourth-order valence-electron chi connectivity index (χ4n) is 2.56. The first-order valence-electron chi connectivity index (χ1n) is 7.12. The van der Waals surface area contributed by atoms with Crippen molar-refractivity contribution < 1.29 is 9.53 Å². The molecule has 0 bridgehead atoms. The minimum absolute atomic E-state index is 0.204. The fourth-order valence-corrected chi connectivity index (χ4v) is 2.56. The lowest BCUT2D eigenvalue weighted by Crippen LogP contribution is -2.41. The average Bonchev–Trinajstić information content (AvgIpc) is 2.91. The third kappa shape index (κ3) is 4.92. The monoisotopic (exact) mass is 255 g/mol. The van der Waals surface area contributed by atoms with Crippen LogP contribution in [0.1, 0.15) is 19.3 Å². The van der Waals surface area contributed by atoms with Crippen molar-refractivity contribution in [1.29, 1.82) is 0 Å². The van der Waals surface area contributed by atoms with E-state index in [0.717, 1.165) is 58.9 Å². The number of hydrogen-bond donors (Lipinski definition) is 2. The summed E-state index contributed by atoms with van der Waals surface area (Å²) in [6.45, 7) is 7.53. The standard InChI is InChI=1S/C13H25N3O2/c17-13(2-1-12-3-4-14-11-12)15-5-6-16-7-9-18-10-8-16/h12,14H,1-11H2,(H,15,17). The molecule has 5 nitrogen and oxygen atoms in total. The Balaban J connectivity index is 1.48. The maximum absolute atomic E-state index is 11.7. The van der Waals surface area contributed by atoms with E-state index in [2.05, 4.69) is 15.5 Å². The van der Waals surface area contributed by atoms with E-state index in [1.165, 1.54) is 6.42 Å². The van der Waals surface area contributed by atoms with Crippen molar-refractivity contribution in [1.82, 2.24) is 15.5 Å². The van der Waals surface area contributed by atoms with Crippen molar-refractivity contribution in [3.8, 4) is 0 Å². The minimum Gasteiger partial charge on any atom is -0.379 e. The van der Waals surface area contributed by atoms with Gasteiger partial charge in [0.15, 0.2) is 0 Å². The normalized spacial score (nSPS) is 25.2. The molecule has 0 aromatic rings. The molecule has 2 heterocycles. The molecule has 0 radical (unpaired) electrons. The number of carbonyl (C=O) groups excluding carboxylic acids is 1. The smallest absolute Gasteiger partial charge is 0.220 e. The molecule has 1 atom stereocenters. The molecule has 2 aliphatic heterocycles. The van der Waals surface area contributed by atoms with Gasteiger partial charge in [0.05, 0.1) is 13.2 Å². The molecule has 0 aromatic carbocycles. The van der Waals surface area contributed by atoms with Crippen LogP contribution in [0, 0.1) is 5.92 Å². The van der Waals surface area contributed by atoms with E-state index in [-0.39, 0.29) is 5.91 Å². The van der Waals surface area contributed by atoms with Gasteiger partial charge in [-0.1, -0.05) is 0 Å². The molecule has 104 valence electrons. The van der Waals surface area contributed by atoms with E-state index in [9.17, 15) is 4.79 Å². The maximum Gasteiger partial charge on any atom is 0.220 e. The van der Waals surface area contributed by atoms with Crippen LogP contribution in [0.25, 0.3) is 0 Å². The van der Waals surface area contributed by atoms with Crippen molar-refractivity contribution >= 4 is 5.91 Å². The third-order valence-electron chi connectivity index (χ3n) is 3.80. The molecule has 18 heavy (non-hydrogen) atoms. The summed E-state index contributed by atoms with van der Waals surface area (Å²) in [6, 6.07) is 0. The topological polar surface area (TPSA) is 53.6 Å². The van der Waals surface area contributed by atoms with Crippen molar-refractivity contribution in [2.75, 3.05) is 52.5 Å². The highest BCUT2D eigenvalue weighted by molar-refractivity contribution is 5.75. The van der Waals surface area contributed by atoms with Crippen LogP contribution in [0.4, 0.5) is 0 Å². The highest BCUT2D eigenvalue weighted by Gasteiger charge is 2.15. The van der Waals surface area contributed by atoms with Gasteiger partial charge in [-0.15, -0.1) is 0 Å². The molecule has 0 aromatic heterocycles. The van der Waals surface area contributed by atoms with Crippen molar-refractivity contribution in [3.05, 3.63) is 0 Å². The molecule has 2 rings (SSSR count). The van der Waals surface area contributed by atoms with Crippen molar-refractivity contribution in [2.24, 2.45) is 5.92 Å². The Kier molecular flexibility index (Phi) is 5.90. The Morgan fingerprint density at radius 2 is 2.22 bits per heavy atom. The van der Waals surface area contributed by atoms with E-state index in [4.69, 9.17) is 4.74 Å². The van der Waals surface area contributed by atoms with Gasteiger partial charge >= 0.3 is 0 Å². The number of carbonyl (C=O) groups is 1. The number of amides is 1. The van der Waals surface area contributed by atoms with E-state index >= 15 is 0 Å². The zero-order chi connectivity index (χ0) is 12.6. The van der Waals surface area contributed by atoms with Crippen LogP contribution in [0.15, 0.2) is 0 Å². The second kappa shape index (κ2) is 7.71. The van der Waals surface area contributed by atoms with Crippen LogP contribution in [0.2, 0.25) is 0 Å². The van der Waals surface area contributed by atoms with E-state index in [1.54, 1.807) is 0 Å². The van der Waals surface area contributed by atoms with Gasteiger partial charge in [0.25, 0.3) is 0 Å². The Morgan fingerprint density at radius 3 is 2.94 bits per heavy atom. The molecule has 2 aliphatic rings. The minimum atomic E-state index is 0.204. The molecular weight excluding hydrogens is 230 g/mol.